The lowest BCUT2D eigenvalue weighted by molar-refractivity contribution is 0.167. The maximum Gasteiger partial charge on any atom is 0.125 e. The van der Waals surface area contributed by atoms with Crippen LogP contribution >= 0.6 is 0 Å². The summed E-state index contributed by atoms with van der Waals surface area (Å²) in [5.41, 5.74) is 0.835. The van der Waals surface area contributed by atoms with Crippen LogP contribution in [0.25, 0.3) is 0 Å². The third-order valence-electron chi connectivity index (χ3n) is 2.46. The van der Waals surface area contributed by atoms with E-state index >= 15 is 0 Å². The minimum absolute atomic E-state index is 0.428. The van der Waals surface area contributed by atoms with Gasteiger partial charge in [-0.1, -0.05) is 0 Å². The van der Waals surface area contributed by atoms with Crippen LogP contribution in [0.2, 0.25) is 0 Å². The SMILES string of the molecule is COc1ccc2c(c1)C(O)CCCO2. The Kier molecular flexibility index (Phi) is 2.59. The lowest BCUT2D eigenvalue weighted by Gasteiger charge is -2.11. The summed E-state index contributed by atoms with van der Waals surface area (Å²) in [6.07, 6.45) is 1.21. The lowest BCUT2D eigenvalue weighted by atomic mass is 10.0. The molecule has 3 heteroatoms. The van der Waals surface area contributed by atoms with Gasteiger partial charge >= 0.3 is 0 Å². The molecular formula is C11H14O3. The van der Waals surface area contributed by atoms with Gasteiger partial charge in [0.05, 0.1) is 19.8 Å². The third kappa shape index (κ3) is 1.68. The first-order valence-corrected chi connectivity index (χ1v) is 4.80. The molecule has 3 nitrogen and oxygen atoms in total. The molecule has 0 amide bonds. The molecule has 1 aromatic carbocycles. The van der Waals surface area contributed by atoms with Gasteiger partial charge in [-0.15, -0.1) is 0 Å². The molecule has 76 valence electrons. The van der Waals surface area contributed by atoms with E-state index in [1.807, 2.05) is 18.2 Å². The summed E-state index contributed by atoms with van der Waals surface area (Å²) in [4.78, 5) is 0. The molecule has 1 N–H and O–H groups in total. The minimum atomic E-state index is -0.428. The maximum absolute atomic E-state index is 9.83. The molecule has 0 aromatic heterocycles. The molecule has 14 heavy (non-hydrogen) atoms. The zero-order chi connectivity index (χ0) is 9.97. The Labute approximate surface area is 83.3 Å². The van der Waals surface area contributed by atoms with Crippen molar-refractivity contribution >= 4 is 0 Å². The highest BCUT2D eigenvalue weighted by molar-refractivity contribution is 5.42. The van der Waals surface area contributed by atoms with E-state index in [0.717, 1.165) is 29.9 Å². The fourth-order valence-corrected chi connectivity index (χ4v) is 1.66. The molecular weight excluding hydrogens is 180 g/mol. The van der Waals surface area contributed by atoms with Crippen LogP contribution in [0.4, 0.5) is 0 Å². The van der Waals surface area contributed by atoms with Gasteiger partial charge in [0, 0.05) is 5.56 Å². The summed E-state index contributed by atoms with van der Waals surface area (Å²) < 4.78 is 10.6. The van der Waals surface area contributed by atoms with Crippen molar-refractivity contribution < 1.29 is 14.6 Å². The predicted molar refractivity (Wildman–Crippen MR) is 52.7 cm³/mol. The zero-order valence-electron chi connectivity index (χ0n) is 8.19. The Morgan fingerprint density at radius 1 is 1.50 bits per heavy atom. The van der Waals surface area contributed by atoms with Gasteiger partial charge in [-0.25, -0.2) is 0 Å². The van der Waals surface area contributed by atoms with Crippen LogP contribution in [-0.2, 0) is 0 Å². The summed E-state index contributed by atoms with van der Waals surface area (Å²) in [5, 5.41) is 9.83. The number of hydrogen-bond acceptors (Lipinski definition) is 3. The first-order chi connectivity index (χ1) is 6.81. The lowest BCUT2D eigenvalue weighted by Crippen LogP contribution is -1.97. The number of hydrogen-bond donors (Lipinski definition) is 1. The van der Waals surface area contributed by atoms with E-state index in [1.54, 1.807) is 7.11 Å². The first kappa shape index (κ1) is 9.34. The van der Waals surface area contributed by atoms with Crippen LogP contribution in [0.5, 0.6) is 11.5 Å². The summed E-state index contributed by atoms with van der Waals surface area (Å²) >= 11 is 0. The molecule has 1 atom stereocenters. The van der Waals surface area contributed by atoms with Crippen LogP contribution in [0.15, 0.2) is 18.2 Å². The topological polar surface area (TPSA) is 38.7 Å². The van der Waals surface area contributed by atoms with Gasteiger partial charge in [-0.2, -0.15) is 0 Å². The minimum Gasteiger partial charge on any atom is -0.497 e. The Morgan fingerprint density at radius 2 is 2.36 bits per heavy atom. The van der Waals surface area contributed by atoms with Gasteiger partial charge in [0.2, 0.25) is 0 Å². The van der Waals surface area contributed by atoms with E-state index in [1.165, 1.54) is 0 Å². The van der Waals surface area contributed by atoms with E-state index in [2.05, 4.69) is 0 Å². The molecule has 1 aliphatic heterocycles. The third-order valence-corrected chi connectivity index (χ3v) is 2.46. The highest BCUT2D eigenvalue weighted by atomic mass is 16.5. The smallest absolute Gasteiger partial charge is 0.125 e. The second-order valence-electron chi connectivity index (χ2n) is 3.41. The summed E-state index contributed by atoms with van der Waals surface area (Å²) in [6.45, 7) is 0.677. The highest BCUT2D eigenvalue weighted by Gasteiger charge is 2.17. The second-order valence-corrected chi connectivity index (χ2v) is 3.41. The predicted octanol–water partition coefficient (Wildman–Crippen LogP) is 1.90. The van der Waals surface area contributed by atoms with E-state index in [9.17, 15) is 5.11 Å². The van der Waals surface area contributed by atoms with E-state index in [4.69, 9.17) is 9.47 Å². The average molecular weight is 194 g/mol. The summed E-state index contributed by atoms with van der Waals surface area (Å²) in [6, 6.07) is 5.53. The fraction of sp³-hybridized carbons (Fsp3) is 0.455. The molecule has 0 saturated heterocycles. The largest absolute Gasteiger partial charge is 0.497 e. The maximum atomic E-state index is 9.83. The van der Waals surface area contributed by atoms with Crippen LogP contribution in [0.1, 0.15) is 24.5 Å². The van der Waals surface area contributed by atoms with Crippen LogP contribution in [0.3, 0.4) is 0 Å². The Morgan fingerprint density at radius 3 is 3.14 bits per heavy atom. The van der Waals surface area contributed by atoms with E-state index in [0.29, 0.717) is 6.61 Å². The van der Waals surface area contributed by atoms with Gasteiger partial charge in [0.25, 0.3) is 0 Å². The molecule has 2 rings (SSSR count). The second kappa shape index (κ2) is 3.88. The summed E-state index contributed by atoms with van der Waals surface area (Å²) in [7, 11) is 1.62. The number of ether oxygens (including phenoxy) is 2. The average Bonchev–Trinajstić information content (AvgIpc) is 2.40. The number of aliphatic hydroxyl groups excluding tert-OH is 1. The number of rotatable bonds is 1. The number of aliphatic hydroxyl groups is 1. The number of fused-ring (bicyclic) bond motifs is 1. The fourth-order valence-electron chi connectivity index (χ4n) is 1.66. The Bertz CT molecular complexity index is 322. The molecule has 1 aliphatic rings. The highest BCUT2D eigenvalue weighted by Crippen LogP contribution is 2.33. The Balaban J connectivity index is 2.39. The van der Waals surface area contributed by atoms with Crippen molar-refractivity contribution in [2.75, 3.05) is 13.7 Å². The molecule has 0 fully saturated rings. The zero-order valence-corrected chi connectivity index (χ0v) is 8.19. The molecule has 1 aromatic rings. The molecule has 0 aliphatic carbocycles. The summed E-state index contributed by atoms with van der Waals surface area (Å²) in [5.74, 6) is 1.53. The van der Waals surface area contributed by atoms with Crippen molar-refractivity contribution in [1.29, 1.82) is 0 Å². The van der Waals surface area contributed by atoms with Gasteiger partial charge in [-0.3, -0.25) is 0 Å². The van der Waals surface area contributed by atoms with Crippen molar-refractivity contribution in [1.82, 2.24) is 0 Å². The van der Waals surface area contributed by atoms with Gasteiger partial charge in [-0.05, 0) is 31.0 Å². The van der Waals surface area contributed by atoms with Crippen molar-refractivity contribution in [2.45, 2.75) is 18.9 Å². The van der Waals surface area contributed by atoms with Crippen LogP contribution in [0, 0.1) is 0 Å². The first-order valence-electron chi connectivity index (χ1n) is 4.80. The molecule has 1 unspecified atom stereocenters. The van der Waals surface area contributed by atoms with Crippen LogP contribution < -0.4 is 9.47 Å². The van der Waals surface area contributed by atoms with Crippen molar-refractivity contribution in [3.05, 3.63) is 23.8 Å². The van der Waals surface area contributed by atoms with Crippen molar-refractivity contribution in [2.24, 2.45) is 0 Å². The molecule has 0 saturated carbocycles. The van der Waals surface area contributed by atoms with Crippen molar-refractivity contribution in [3.63, 3.8) is 0 Å². The molecule has 0 bridgehead atoms. The van der Waals surface area contributed by atoms with Gasteiger partial charge in [0.1, 0.15) is 11.5 Å². The number of methoxy groups -OCH3 is 1. The van der Waals surface area contributed by atoms with Crippen molar-refractivity contribution in [3.8, 4) is 11.5 Å². The van der Waals surface area contributed by atoms with E-state index < -0.39 is 6.10 Å². The number of benzene rings is 1. The molecule has 0 spiro atoms. The normalized spacial score (nSPS) is 20.6. The molecule has 1 heterocycles. The van der Waals surface area contributed by atoms with E-state index in [-0.39, 0.29) is 0 Å². The molecule has 0 radical (unpaired) electrons. The van der Waals surface area contributed by atoms with Gasteiger partial charge in [0.15, 0.2) is 0 Å². The Hall–Kier alpha value is -1.22. The monoisotopic (exact) mass is 194 g/mol. The standard InChI is InChI=1S/C11H14O3/c1-13-8-4-5-11-9(7-8)10(12)3-2-6-14-11/h4-5,7,10,12H,2-3,6H2,1H3. The van der Waals surface area contributed by atoms with Gasteiger partial charge < -0.3 is 14.6 Å². The van der Waals surface area contributed by atoms with Crippen LogP contribution in [-0.4, -0.2) is 18.8 Å². The quantitative estimate of drug-likeness (QED) is 0.742.